The summed E-state index contributed by atoms with van der Waals surface area (Å²) in [5.41, 5.74) is 0. The zero-order valence-corrected chi connectivity index (χ0v) is 9.08. The van der Waals surface area contributed by atoms with Crippen molar-refractivity contribution in [2.45, 2.75) is 49.5 Å². The molecule has 0 amide bonds. The lowest BCUT2D eigenvalue weighted by molar-refractivity contribution is 0.632. The van der Waals surface area contributed by atoms with Crippen LogP contribution in [0.2, 0.25) is 0 Å². The first-order valence-electron chi connectivity index (χ1n) is 4.32. The molecule has 1 radical (unpaired) electrons. The lowest BCUT2D eigenvalue weighted by Crippen LogP contribution is -1.99. The summed E-state index contributed by atoms with van der Waals surface area (Å²) in [7, 11) is 0. The smallest absolute Gasteiger partial charge is 0.00168 e. The predicted molar refractivity (Wildman–Crippen MR) is 59.7 cm³/mol. The van der Waals surface area contributed by atoms with Gasteiger partial charge in [-0.3, -0.25) is 0 Å². The highest BCUT2D eigenvalue weighted by Gasteiger charge is 2.01. The summed E-state index contributed by atoms with van der Waals surface area (Å²) >= 11 is 8.76. The Morgan fingerprint density at radius 1 is 1.18 bits per heavy atom. The van der Waals surface area contributed by atoms with Crippen molar-refractivity contribution < 1.29 is 0 Å². The standard InChI is InChI=1S/C9H19S2/c1-3-5-9(11)7-4-6-8(2)10/h8-11H,1,3-7H2,2H3. The van der Waals surface area contributed by atoms with Crippen LogP contribution in [0.25, 0.3) is 0 Å². The third kappa shape index (κ3) is 8.61. The molecule has 0 aliphatic heterocycles. The highest BCUT2D eigenvalue weighted by molar-refractivity contribution is 7.81. The van der Waals surface area contributed by atoms with E-state index >= 15 is 0 Å². The molecule has 0 aromatic carbocycles. The second-order valence-electron chi connectivity index (χ2n) is 3.08. The molecular weight excluding hydrogens is 172 g/mol. The molecule has 0 spiro atoms. The molecular formula is C9H19S2. The van der Waals surface area contributed by atoms with E-state index in [9.17, 15) is 0 Å². The third-order valence-electron chi connectivity index (χ3n) is 1.70. The van der Waals surface area contributed by atoms with E-state index in [4.69, 9.17) is 0 Å². The second kappa shape index (κ2) is 7.35. The Hall–Kier alpha value is 0.700. The van der Waals surface area contributed by atoms with Crippen molar-refractivity contribution in [1.29, 1.82) is 0 Å². The molecule has 67 valence electrons. The Kier molecular flexibility index (Phi) is 7.82. The van der Waals surface area contributed by atoms with Crippen molar-refractivity contribution in [3.63, 3.8) is 0 Å². The normalized spacial score (nSPS) is 16.4. The fourth-order valence-corrected chi connectivity index (χ4v) is 1.58. The molecule has 0 aromatic heterocycles. The van der Waals surface area contributed by atoms with Crippen LogP contribution in [0.15, 0.2) is 0 Å². The van der Waals surface area contributed by atoms with E-state index < -0.39 is 0 Å². The van der Waals surface area contributed by atoms with Gasteiger partial charge in [-0.2, -0.15) is 25.3 Å². The van der Waals surface area contributed by atoms with E-state index in [0.29, 0.717) is 10.5 Å². The van der Waals surface area contributed by atoms with Gasteiger partial charge in [0.2, 0.25) is 0 Å². The number of hydrogen-bond acceptors (Lipinski definition) is 2. The van der Waals surface area contributed by atoms with E-state index in [1.54, 1.807) is 0 Å². The first kappa shape index (κ1) is 11.7. The molecule has 11 heavy (non-hydrogen) atoms. The first-order chi connectivity index (χ1) is 5.16. The topological polar surface area (TPSA) is 0 Å². The van der Waals surface area contributed by atoms with Crippen molar-refractivity contribution >= 4 is 25.3 Å². The van der Waals surface area contributed by atoms with Gasteiger partial charge in [-0.15, -0.1) is 0 Å². The van der Waals surface area contributed by atoms with E-state index in [1.807, 2.05) is 0 Å². The van der Waals surface area contributed by atoms with Gasteiger partial charge >= 0.3 is 0 Å². The molecule has 0 aliphatic carbocycles. The van der Waals surface area contributed by atoms with Crippen molar-refractivity contribution in [2.24, 2.45) is 0 Å². The lowest BCUT2D eigenvalue weighted by Gasteiger charge is -2.09. The van der Waals surface area contributed by atoms with Crippen molar-refractivity contribution in [2.75, 3.05) is 0 Å². The fourth-order valence-electron chi connectivity index (χ4n) is 1.03. The van der Waals surface area contributed by atoms with E-state index in [0.717, 1.165) is 12.8 Å². The summed E-state index contributed by atoms with van der Waals surface area (Å²) < 4.78 is 0. The Balaban J connectivity index is 3.10. The minimum absolute atomic E-state index is 0.537. The molecule has 0 saturated carbocycles. The van der Waals surface area contributed by atoms with Crippen LogP contribution in [-0.4, -0.2) is 10.5 Å². The molecule has 0 aromatic rings. The maximum absolute atomic E-state index is 4.45. The molecule has 2 heteroatoms. The van der Waals surface area contributed by atoms with Gasteiger partial charge in [0.15, 0.2) is 0 Å². The largest absolute Gasteiger partial charge is 0.176 e. The van der Waals surface area contributed by atoms with Crippen LogP contribution >= 0.6 is 25.3 Å². The zero-order chi connectivity index (χ0) is 8.69. The van der Waals surface area contributed by atoms with Gasteiger partial charge in [0.25, 0.3) is 0 Å². The number of thiol groups is 2. The van der Waals surface area contributed by atoms with E-state index in [2.05, 4.69) is 39.1 Å². The van der Waals surface area contributed by atoms with Gasteiger partial charge in [0.1, 0.15) is 0 Å². The highest BCUT2D eigenvalue weighted by Crippen LogP contribution is 2.14. The summed E-state index contributed by atoms with van der Waals surface area (Å²) in [6.45, 7) is 5.94. The van der Waals surface area contributed by atoms with Crippen molar-refractivity contribution in [3.8, 4) is 0 Å². The van der Waals surface area contributed by atoms with E-state index in [-0.39, 0.29) is 0 Å². The van der Waals surface area contributed by atoms with Crippen molar-refractivity contribution in [3.05, 3.63) is 6.92 Å². The summed E-state index contributed by atoms with van der Waals surface area (Å²) in [5, 5.41) is 1.09. The molecule has 0 aliphatic rings. The summed E-state index contributed by atoms with van der Waals surface area (Å²) in [6.07, 6.45) is 5.81. The molecule has 0 fully saturated rings. The molecule has 0 N–H and O–H groups in total. The quantitative estimate of drug-likeness (QED) is 0.591. The fraction of sp³-hybridized carbons (Fsp3) is 0.889. The summed E-state index contributed by atoms with van der Waals surface area (Å²) in [5.74, 6) is 0. The minimum atomic E-state index is 0.537. The minimum Gasteiger partial charge on any atom is -0.176 e. The number of hydrogen-bond donors (Lipinski definition) is 2. The van der Waals surface area contributed by atoms with Crippen LogP contribution in [-0.2, 0) is 0 Å². The Morgan fingerprint density at radius 3 is 2.27 bits per heavy atom. The van der Waals surface area contributed by atoms with Gasteiger partial charge in [-0.05, 0) is 24.5 Å². The summed E-state index contributed by atoms with van der Waals surface area (Å²) in [6, 6.07) is 0. The molecule has 0 bridgehead atoms. The number of rotatable bonds is 6. The average Bonchev–Trinajstić information content (AvgIpc) is 1.87. The van der Waals surface area contributed by atoms with Crippen LogP contribution in [0.4, 0.5) is 0 Å². The molecule has 0 saturated heterocycles. The lowest BCUT2D eigenvalue weighted by atomic mass is 10.1. The zero-order valence-electron chi connectivity index (χ0n) is 7.29. The molecule has 2 unspecified atom stereocenters. The van der Waals surface area contributed by atoms with Crippen molar-refractivity contribution in [1.82, 2.24) is 0 Å². The predicted octanol–water partition coefficient (Wildman–Crippen LogP) is 3.39. The first-order valence-corrected chi connectivity index (χ1v) is 5.35. The Morgan fingerprint density at radius 2 is 1.82 bits per heavy atom. The molecule has 0 nitrogen and oxygen atoms in total. The van der Waals surface area contributed by atoms with E-state index in [1.165, 1.54) is 19.3 Å². The Bertz CT molecular complexity index is 81.6. The van der Waals surface area contributed by atoms with Gasteiger partial charge in [-0.1, -0.05) is 26.7 Å². The molecule has 0 heterocycles. The monoisotopic (exact) mass is 191 g/mol. The van der Waals surface area contributed by atoms with Crippen LogP contribution in [0.1, 0.15) is 39.0 Å². The summed E-state index contributed by atoms with van der Waals surface area (Å²) in [4.78, 5) is 0. The maximum Gasteiger partial charge on any atom is 0.00168 e. The van der Waals surface area contributed by atoms with Gasteiger partial charge < -0.3 is 0 Å². The van der Waals surface area contributed by atoms with Gasteiger partial charge in [0.05, 0.1) is 0 Å². The average molecular weight is 191 g/mol. The Labute approximate surface area is 82.0 Å². The van der Waals surface area contributed by atoms with Crippen LogP contribution in [0, 0.1) is 6.92 Å². The third-order valence-corrected chi connectivity index (χ3v) is 2.47. The maximum atomic E-state index is 4.45. The van der Waals surface area contributed by atoms with Crippen LogP contribution in [0.5, 0.6) is 0 Å². The second-order valence-corrected chi connectivity index (χ2v) is 4.69. The highest BCUT2D eigenvalue weighted by atomic mass is 32.1. The SMILES string of the molecule is [CH2]CCC(S)CCCC(C)S. The molecule has 2 atom stereocenters. The van der Waals surface area contributed by atoms with Crippen LogP contribution in [0.3, 0.4) is 0 Å². The van der Waals surface area contributed by atoms with Gasteiger partial charge in [0, 0.05) is 5.25 Å². The van der Waals surface area contributed by atoms with Crippen LogP contribution < -0.4 is 0 Å². The van der Waals surface area contributed by atoms with Gasteiger partial charge in [-0.25, -0.2) is 0 Å². The molecule has 0 rings (SSSR count).